The second kappa shape index (κ2) is 3.31. The van der Waals surface area contributed by atoms with Gasteiger partial charge in [-0.2, -0.15) is 0 Å². The zero-order valence-corrected chi connectivity index (χ0v) is 8.36. The van der Waals surface area contributed by atoms with Gasteiger partial charge in [-0.25, -0.2) is 0 Å². The van der Waals surface area contributed by atoms with E-state index in [9.17, 15) is 0 Å². The van der Waals surface area contributed by atoms with Gasteiger partial charge in [-0.05, 0) is 18.2 Å². The number of fused-ring (bicyclic) bond motifs is 1. The Kier molecular flexibility index (Phi) is 2.27. The molecule has 0 aliphatic heterocycles. The van der Waals surface area contributed by atoms with Gasteiger partial charge in [-0.15, -0.1) is 0 Å². The van der Waals surface area contributed by atoms with Crippen LogP contribution in [-0.2, 0) is 7.05 Å². The first kappa shape index (κ1) is 9.58. The largest absolute Gasteiger partial charge is 0.490 e. The quantitative estimate of drug-likeness (QED) is 0.672. The summed E-state index contributed by atoms with van der Waals surface area (Å²) in [6.07, 6.45) is 1.69. The Morgan fingerprint density at radius 3 is 2.71 bits per heavy atom. The molecular weight excluding hydrogens is 200 g/mol. The summed E-state index contributed by atoms with van der Waals surface area (Å²) in [6, 6.07) is 5.35. The van der Waals surface area contributed by atoms with Crippen molar-refractivity contribution in [2.45, 2.75) is 0 Å². The third-order valence-electron chi connectivity index (χ3n) is 2.26. The van der Waals surface area contributed by atoms with Gasteiger partial charge in [0.2, 0.25) is 0 Å². The lowest BCUT2D eigenvalue weighted by molar-refractivity contribution is 0.426. The molecule has 1 aromatic carbocycles. The van der Waals surface area contributed by atoms with Crippen molar-refractivity contribution in [3.8, 4) is 0 Å². The van der Waals surface area contributed by atoms with E-state index in [2.05, 4.69) is 0 Å². The Labute approximate surface area is 86.7 Å². The lowest BCUT2D eigenvalue weighted by atomic mass is 9.80. The molecule has 1 aromatic heterocycles. The predicted octanol–water partition coefficient (Wildman–Crippen LogP) is 0.512. The van der Waals surface area contributed by atoms with E-state index in [1.54, 1.807) is 18.3 Å². The summed E-state index contributed by atoms with van der Waals surface area (Å²) in [6.45, 7) is 0. The number of halogens is 1. The van der Waals surface area contributed by atoms with Crippen LogP contribution in [0.15, 0.2) is 24.4 Å². The van der Waals surface area contributed by atoms with E-state index in [1.165, 1.54) is 0 Å². The molecule has 0 amide bonds. The Balaban J connectivity index is 2.79. The van der Waals surface area contributed by atoms with Crippen LogP contribution in [0.25, 0.3) is 10.9 Å². The molecule has 0 unspecified atom stereocenters. The summed E-state index contributed by atoms with van der Waals surface area (Å²) < 4.78 is 1.83. The molecule has 72 valence electrons. The van der Waals surface area contributed by atoms with Crippen molar-refractivity contribution in [1.29, 1.82) is 0 Å². The van der Waals surface area contributed by atoms with Crippen LogP contribution in [0.1, 0.15) is 0 Å². The molecule has 2 aromatic rings. The van der Waals surface area contributed by atoms with Gasteiger partial charge in [0.15, 0.2) is 0 Å². The molecular formula is C9H9BClNO2. The molecule has 2 rings (SSSR count). The number of hydrogen-bond acceptors (Lipinski definition) is 2. The van der Waals surface area contributed by atoms with Crippen LogP contribution >= 0.6 is 11.6 Å². The van der Waals surface area contributed by atoms with Crippen LogP contribution in [0.4, 0.5) is 0 Å². The van der Waals surface area contributed by atoms with E-state index in [-0.39, 0.29) is 0 Å². The first-order valence-electron chi connectivity index (χ1n) is 4.20. The fourth-order valence-electron chi connectivity index (χ4n) is 1.60. The van der Waals surface area contributed by atoms with Crippen molar-refractivity contribution in [3.63, 3.8) is 0 Å². The fourth-order valence-corrected chi connectivity index (χ4v) is 1.77. The highest BCUT2D eigenvalue weighted by molar-refractivity contribution is 6.62. The molecule has 0 spiro atoms. The molecule has 2 N–H and O–H groups in total. The minimum atomic E-state index is -1.46. The van der Waals surface area contributed by atoms with E-state index in [0.29, 0.717) is 10.5 Å². The molecule has 0 radical (unpaired) electrons. The van der Waals surface area contributed by atoms with Gasteiger partial charge in [-0.3, -0.25) is 0 Å². The summed E-state index contributed by atoms with van der Waals surface area (Å²) in [5, 5.41) is 19.6. The van der Waals surface area contributed by atoms with Crippen molar-refractivity contribution in [2.75, 3.05) is 0 Å². The summed E-state index contributed by atoms with van der Waals surface area (Å²) in [7, 11) is 0.388. The van der Waals surface area contributed by atoms with Gasteiger partial charge in [0.1, 0.15) is 0 Å². The predicted molar refractivity (Wildman–Crippen MR) is 57.8 cm³/mol. The van der Waals surface area contributed by atoms with Gasteiger partial charge in [0.05, 0.1) is 0 Å². The molecule has 14 heavy (non-hydrogen) atoms. The van der Waals surface area contributed by atoms with Crippen molar-refractivity contribution < 1.29 is 10.0 Å². The Morgan fingerprint density at radius 1 is 1.36 bits per heavy atom. The Hall–Kier alpha value is -0.965. The second-order valence-corrected chi connectivity index (χ2v) is 3.67. The van der Waals surface area contributed by atoms with E-state index in [4.69, 9.17) is 21.6 Å². The molecule has 1 heterocycles. The topological polar surface area (TPSA) is 45.4 Å². The van der Waals surface area contributed by atoms with Gasteiger partial charge < -0.3 is 14.6 Å². The molecule has 0 saturated heterocycles. The first-order chi connectivity index (χ1) is 6.59. The third-order valence-corrected chi connectivity index (χ3v) is 2.50. The maximum Gasteiger partial charge on any atom is 0.490 e. The highest BCUT2D eigenvalue weighted by Gasteiger charge is 2.17. The van der Waals surface area contributed by atoms with Crippen molar-refractivity contribution >= 4 is 35.1 Å². The van der Waals surface area contributed by atoms with Gasteiger partial charge in [0, 0.05) is 34.6 Å². The van der Waals surface area contributed by atoms with Gasteiger partial charge >= 0.3 is 7.12 Å². The molecule has 0 aliphatic rings. The summed E-state index contributed by atoms with van der Waals surface area (Å²) in [4.78, 5) is 0. The lowest BCUT2D eigenvalue weighted by Gasteiger charge is -1.97. The van der Waals surface area contributed by atoms with Crippen LogP contribution in [0.5, 0.6) is 0 Å². The number of benzene rings is 1. The summed E-state index contributed by atoms with van der Waals surface area (Å²) in [5.74, 6) is 0. The lowest BCUT2D eigenvalue weighted by Crippen LogP contribution is -2.29. The van der Waals surface area contributed by atoms with E-state index in [1.807, 2.05) is 17.7 Å². The van der Waals surface area contributed by atoms with Crippen LogP contribution in [0.2, 0.25) is 5.02 Å². The van der Waals surface area contributed by atoms with Crippen molar-refractivity contribution in [2.24, 2.45) is 7.05 Å². The van der Waals surface area contributed by atoms with Gasteiger partial charge in [0.25, 0.3) is 0 Å². The average molecular weight is 209 g/mol. The zero-order valence-electron chi connectivity index (χ0n) is 7.61. The minimum Gasteiger partial charge on any atom is -0.423 e. The van der Waals surface area contributed by atoms with Crippen molar-refractivity contribution in [3.05, 3.63) is 29.4 Å². The molecule has 0 aliphatic carbocycles. The Morgan fingerprint density at radius 2 is 2.07 bits per heavy atom. The smallest absolute Gasteiger partial charge is 0.423 e. The van der Waals surface area contributed by atoms with Gasteiger partial charge in [-0.1, -0.05) is 11.6 Å². The number of hydrogen-bond donors (Lipinski definition) is 2. The molecule has 5 heteroatoms. The average Bonchev–Trinajstić information content (AvgIpc) is 2.43. The molecule has 0 saturated carbocycles. The molecule has 0 atom stereocenters. The fraction of sp³-hybridized carbons (Fsp3) is 0.111. The van der Waals surface area contributed by atoms with Crippen LogP contribution in [0, 0.1) is 0 Å². The highest BCUT2D eigenvalue weighted by atomic mass is 35.5. The summed E-state index contributed by atoms with van der Waals surface area (Å²) >= 11 is 5.83. The molecule has 0 fully saturated rings. The Bertz CT molecular complexity index is 481. The third kappa shape index (κ3) is 1.41. The maximum atomic E-state index is 9.13. The van der Waals surface area contributed by atoms with Crippen LogP contribution < -0.4 is 5.46 Å². The van der Waals surface area contributed by atoms with E-state index >= 15 is 0 Å². The normalized spacial score (nSPS) is 10.9. The second-order valence-electron chi connectivity index (χ2n) is 3.23. The summed E-state index contributed by atoms with van der Waals surface area (Å²) in [5.41, 5.74) is 1.41. The molecule has 3 nitrogen and oxygen atoms in total. The van der Waals surface area contributed by atoms with E-state index in [0.717, 1.165) is 10.9 Å². The van der Waals surface area contributed by atoms with Crippen LogP contribution in [-0.4, -0.2) is 21.7 Å². The highest BCUT2D eigenvalue weighted by Crippen LogP contribution is 2.18. The first-order valence-corrected chi connectivity index (χ1v) is 4.58. The molecule has 0 bridgehead atoms. The van der Waals surface area contributed by atoms with E-state index < -0.39 is 7.12 Å². The van der Waals surface area contributed by atoms with Crippen molar-refractivity contribution in [1.82, 2.24) is 4.57 Å². The SMILES string of the molecule is Cn1cc(B(O)O)c2cc(Cl)ccc21. The van der Waals surface area contributed by atoms with Crippen LogP contribution in [0.3, 0.4) is 0 Å². The number of nitrogens with zero attached hydrogens (tertiary/aromatic N) is 1. The minimum absolute atomic E-state index is 0.477. The number of rotatable bonds is 1. The standard InChI is InChI=1S/C9H9BClNO2/c1-12-5-8(10(13)14)7-4-6(11)2-3-9(7)12/h2-5,13-14H,1H3. The monoisotopic (exact) mass is 209 g/mol. The number of aryl methyl sites for hydroxylation is 1. The number of aromatic nitrogens is 1. The zero-order chi connectivity index (χ0) is 10.3. The maximum absolute atomic E-state index is 9.13.